The fraction of sp³-hybridized carbons (Fsp3) is 0.385. The summed E-state index contributed by atoms with van der Waals surface area (Å²) in [4.78, 5) is 23.8. The van der Waals surface area contributed by atoms with Gasteiger partial charge >= 0.3 is 12.0 Å². The monoisotopic (exact) mass is 328 g/mol. The number of carbonyl (C=O) groups excluding carboxylic acids is 1. The molecule has 0 radical (unpaired) electrons. The number of rotatable bonds is 6. The summed E-state index contributed by atoms with van der Waals surface area (Å²) in [6, 6.07) is 7.40. The third-order valence-corrected chi connectivity index (χ3v) is 3.15. The number of benzene rings is 1. The molecule has 1 aromatic carbocycles. The van der Waals surface area contributed by atoms with Crippen molar-refractivity contribution < 1.29 is 14.7 Å². The van der Waals surface area contributed by atoms with Crippen LogP contribution in [0.1, 0.15) is 18.9 Å². The van der Waals surface area contributed by atoms with Gasteiger partial charge in [-0.3, -0.25) is 4.79 Å². The average molecular weight is 329 g/mol. The van der Waals surface area contributed by atoms with Crippen LogP contribution in [0.3, 0.4) is 0 Å². The van der Waals surface area contributed by atoms with Gasteiger partial charge in [0.2, 0.25) is 0 Å². The molecular weight excluding hydrogens is 312 g/mol. The maximum absolute atomic E-state index is 11.8. The third kappa shape index (κ3) is 5.74. The van der Waals surface area contributed by atoms with E-state index < -0.39 is 5.97 Å². The number of nitrogens with one attached hydrogen (secondary N) is 1. The van der Waals surface area contributed by atoms with Crippen LogP contribution in [0, 0.1) is 0 Å². The Labute approximate surface area is 120 Å². The summed E-state index contributed by atoms with van der Waals surface area (Å²) >= 11 is 3.34. The van der Waals surface area contributed by atoms with Crippen molar-refractivity contribution in [3.8, 4) is 0 Å². The second-order valence-electron chi connectivity index (χ2n) is 4.01. The zero-order valence-corrected chi connectivity index (χ0v) is 12.3. The van der Waals surface area contributed by atoms with Crippen LogP contribution in [0.25, 0.3) is 0 Å². The van der Waals surface area contributed by atoms with E-state index in [4.69, 9.17) is 5.11 Å². The Kier molecular flexibility index (Phi) is 6.35. The van der Waals surface area contributed by atoms with E-state index in [9.17, 15) is 9.59 Å². The van der Waals surface area contributed by atoms with Crippen molar-refractivity contribution in [2.45, 2.75) is 19.9 Å². The molecule has 0 aromatic heterocycles. The molecule has 0 aliphatic heterocycles. The van der Waals surface area contributed by atoms with E-state index >= 15 is 0 Å². The maximum Gasteiger partial charge on any atom is 0.317 e. The van der Waals surface area contributed by atoms with E-state index in [0.717, 1.165) is 10.0 Å². The molecule has 0 spiro atoms. The van der Waals surface area contributed by atoms with Gasteiger partial charge in [-0.15, -0.1) is 0 Å². The Morgan fingerprint density at radius 1 is 1.32 bits per heavy atom. The molecule has 0 saturated carbocycles. The fourth-order valence-electron chi connectivity index (χ4n) is 1.53. The first-order valence-corrected chi connectivity index (χ1v) is 6.81. The molecule has 6 heteroatoms. The van der Waals surface area contributed by atoms with Gasteiger partial charge in [-0.2, -0.15) is 0 Å². The van der Waals surface area contributed by atoms with Crippen LogP contribution in [0.2, 0.25) is 0 Å². The number of hydrogen-bond acceptors (Lipinski definition) is 2. The average Bonchev–Trinajstić information content (AvgIpc) is 2.38. The lowest BCUT2D eigenvalue weighted by Gasteiger charge is -2.20. The number of carboxylic acids is 1. The van der Waals surface area contributed by atoms with Crippen molar-refractivity contribution in [2.24, 2.45) is 0 Å². The topological polar surface area (TPSA) is 69.6 Å². The molecule has 2 N–H and O–H groups in total. The molecule has 0 heterocycles. The van der Waals surface area contributed by atoms with Crippen LogP contribution in [0.5, 0.6) is 0 Å². The summed E-state index contributed by atoms with van der Waals surface area (Å²) in [6.07, 6.45) is -0.0421. The highest BCUT2D eigenvalue weighted by atomic mass is 79.9. The number of aliphatic carboxylic acids is 1. The fourth-order valence-corrected chi connectivity index (χ4v) is 1.79. The van der Waals surface area contributed by atoms with E-state index in [1.54, 1.807) is 0 Å². The first-order valence-electron chi connectivity index (χ1n) is 6.02. The molecule has 0 aliphatic carbocycles. The quantitative estimate of drug-likeness (QED) is 0.842. The number of carbonyl (C=O) groups is 2. The molecule has 2 amide bonds. The highest BCUT2D eigenvalue weighted by Gasteiger charge is 2.12. The summed E-state index contributed by atoms with van der Waals surface area (Å²) in [5.41, 5.74) is 0.992. The lowest BCUT2D eigenvalue weighted by atomic mass is 10.2. The van der Waals surface area contributed by atoms with Gasteiger partial charge in [-0.1, -0.05) is 28.1 Å². The molecule has 19 heavy (non-hydrogen) atoms. The molecule has 104 valence electrons. The first-order chi connectivity index (χ1) is 9.02. The zero-order chi connectivity index (χ0) is 14.3. The molecule has 0 atom stereocenters. The Morgan fingerprint density at radius 3 is 2.47 bits per heavy atom. The van der Waals surface area contributed by atoms with E-state index in [0.29, 0.717) is 13.1 Å². The normalized spacial score (nSPS) is 10.0. The Bertz CT molecular complexity index is 434. The Hall–Kier alpha value is -1.56. The molecular formula is C13H17BrN2O3. The molecule has 0 aliphatic rings. The first kappa shape index (κ1) is 15.5. The Morgan fingerprint density at radius 2 is 1.95 bits per heavy atom. The highest BCUT2D eigenvalue weighted by Crippen LogP contribution is 2.10. The minimum Gasteiger partial charge on any atom is -0.481 e. The van der Waals surface area contributed by atoms with Crippen molar-refractivity contribution in [1.82, 2.24) is 10.2 Å². The highest BCUT2D eigenvalue weighted by molar-refractivity contribution is 9.10. The molecule has 1 aromatic rings. The van der Waals surface area contributed by atoms with E-state index in [1.807, 2.05) is 31.2 Å². The van der Waals surface area contributed by atoms with Crippen LogP contribution in [0.15, 0.2) is 28.7 Å². The van der Waals surface area contributed by atoms with Crippen molar-refractivity contribution in [3.05, 3.63) is 34.3 Å². The molecule has 0 unspecified atom stereocenters. The van der Waals surface area contributed by atoms with Gasteiger partial charge in [0.05, 0.1) is 6.42 Å². The molecule has 0 bridgehead atoms. The second kappa shape index (κ2) is 7.78. The largest absolute Gasteiger partial charge is 0.481 e. The van der Waals surface area contributed by atoms with Crippen LogP contribution in [0.4, 0.5) is 4.79 Å². The number of amides is 2. The summed E-state index contributed by atoms with van der Waals surface area (Å²) < 4.78 is 0.985. The third-order valence-electron chi connectivity index (χ3n) is 2.62. The van der Waals surface area contributed by atoms with Gasteiger partial charge in [-0.05, 0) is 24.6 Å². The number of nitrogens with zero attached hydrogens (tertiary/aromatic N) is 1. The minimum absolute atomic E-state index is 0.0421. The van der Waals surface area contributed by atoms with Crippen LogP contribution in [-0.4, -0.2) is 35.1 Å². The Balaban J connectivity index is 2.44. The van der Waals surface area contributed by atoms with E-state index in [1.165, 1.54) is 4.90 Å². The maximum atomic E-state index is 11.8. The lowest BCUT2D eigenvalue weighted by Crippen LogP contribution is -2.40. The lowest BCUT2D eigenvalue weighted by molar-refractivity contribution is -0.137. The van der Waals surface area contributed by atoms with Crippen molar-refractivity contribution >= 4 is 27.9 Å². The molecule has 0 fully saturated rings. The number of urea groups is 1. The van der Waals surface area contributed by atoms with Gasteiger partial charge in [0.15, 0.2) is 0 Å². The summed E-state index contributed by atoms with van der Waals surface area (Å²) in [5.74, 6) is -0.904. The van der Waals surface area contributed by atoms with Gasteiger partial charge in [0.1, 0.15) is 0 Å². The zero-order valence-electron chi connectivity index (χ0n) is 10.7. The predicted molar refractivity (Wildman–Crippen MR) is 75.9 cm³/mol. The van der Waals surface area contributed by atoms with Gasteiger partial charge in [0, 0.05) is 24.1 Å². The standard InChI is InChI=1S/C13H17BrN2O3/c1-2-16(8-7-12(17)18)13(19)15-9-10-3-5-11(14)6-4-10/h3-6H,2,7-9H2,1H3,(H,15,19)(H,17,18). The molecule has 1 rings (SSSR count). The van der Waals surface area contributed by atoms with E-state index in [2.05, 4.69) is 21.2 Å². The van der Waals surface area contributed by atoms with Gasteiger partial charge in [-0.25, -0.2) is 4.79 Å². The van der Waals surface area contributed by atoms with Crippen molar-refractivity contribution in [2.75, 3.05) is 13.1 Å². The number of halogens is 1. The summed E-state index contributed by atoms with van der Waals surface area (Å²) in [5, 5.41) is 11.4. The summed E-state index contributed by atoms with van der Waals surface area (Å²) in [6.45, 7) is 2.95. The summed E-state index contributed by atoms with van der Waals surface area (Å²) in [7, 11) is 0. The minimum atomic E-state index is -0.904. The SMILES string of the molecule is CCN(CCC(=O)O)C(=O)NCc1ccc(Br)cc1. The van der Waals surface area contributed by atoms with Gasteiger partial charge < -0.3 is 15.3 Å². The van der Waals surface area contributed by atoms with E-state index in [-0.39, 0.29) is 19.0 Å². The molecule has 5 nitrogen and oxygen atoms in total. The number of hydrogen-bond donors (Lipinski definition) is 2. The molecule has 0 saturated heterocycles. The van der Waals surface area contributed by atoms with Crippen molar-refractivity contribution in [3.63, 3.8) is 0 Å². The van der Waals surface area contributed by atoms with Crippen LogP contribution in [-0.2, 0) is 11.3 Å². The van der Waals surface area contributed by atoms with Gasteiger partial charge in [0.25, 0.3) is 0 Å². The van der Waals surface area contributed by atoms with Crippen LogP contribution >= 0.6 is 15.9 Å². The second-order valence-corrected chi connectivity index (χ2v) is 4.92. The van der Waals surface area contributed by atoms with Crippen LogP contribution < -0.4 is 5.32 Å². The van der Waals surface area contributed by atoms with Crippen molar-refractivity contribution in [1.29, 1.82) is 0 Å². The number of carboxylic acid groups (broad SMARTS) is 1. The smallest absolute Gasteiger partial charge is 0.317 e. The predicted octanol–water partition coefficient (Wildman–Crippen LogP) is 2.46.